The van der Waals surface area contributed by atoms with Gasteiger partial charge in [-0.05, 0) is 25.3 Å². The fourth-order valence-corrected chi connectivity index (χ4v) is 2.50. The third-order valence-corrected chi connectivity index (χ3v) is 3.66. The highest BCUT2D eigenvalue weighted by Crippen LogP contribution is 2.44. The number of nitrogens with two attached hydrogens (primary N) is 1. The van der Waals surface area contributed by atoms with Gasteiger partial charge in [0.1, 0.15) is 0 Å². The molecule has 0 atom stereocenters. The van der Waals surface area contributed by atoms with Crippen molar-refractivity contribution in [2.75, 3.05) is 6.54 Å². The molecule has 1 aromatic carbocycles. The fraction of sp³-hybridized carbons (Fsp3) is 0.500. The number of aliphatic hydroxyl groups excluding tert-OH is 1. The molecular formula is C12H16N2O3. The molecular weight excluding hydrogens is 220 g/mol. The summed E-state index contributed by atoms with van der Waals surface area (Å²) in [6.07, 6.45) is 0.840. The lowest BCUT2D eigenvalue weighted by Crippen LogP contribution is -2.49. The van der Waals surface area contributed by atoms with Crippen molar-refractivity contribution in [3.8, 4) is 0 Å². The van der Waals surface area contributed by atoms with E-state index >= 15 is 0 Å². The number of aliphatic hydroxyl groups is 1. The molecule has 3 N–H and O–H groups in total. The molecule has 1 aliphatic carbocycles. The smallest absolute Gasteiger partial charge is 0.272 e. The molecule has 0 unspecified atom stereocenters. The first-order valence-electron chi connectivity index (χ1n) is 5.62. The predicted octanol–water partition coefficient (Wildman–Crippen LogP) is 1.25. The topological polar surface area (TPSA) is 89.4 Å². The van der Waals surface area contributed by atoms with Crippen molar-refractivity contribution in [3.63, 3.8) is 0 Å². The second kappa shape index (κ2) is 4.09. The van der Waals surface area contributed by atoms with Gasteiger partial charge >= 0.3 is 0 Å². The average Bonchev–Trinajstić information content (AvgIpc) is 2.25. The zero-order valence-corrected chi connectivity index (χ0v) is 9.72. The average molecular weight is 236 g/mol. The predicted molar refractivity (Wildman–Crippen MR) is 63.8 cm³/mol. The molecule has 0 aliphatic heterocycles. The summed E-state index contributed by atoms with van der Waals surface area (Å²) in [5.41, 5.74) is 7.10. The number of nitro benzene ring substituents is 1. The number of nitrogens with zero attached hydrogens (tertiary/aromatic N) is 1. The van der Waals surface area contributed by atoms with Gasteiger partial charge in [0.2, 0.25) is 0 Å². The van der Waals surface area contributed by atoms with E-state index in [1.807, 2.05) is 6.07 Å². The summed E-state index contributed by atoms with van der Waals surface area (Å²) in [4.78, 5) is 10.5. The van der Waals surface area contributed by atoms with Crippen LogP contribution in [0.5, 0.6) is 0 Å². The second-order valence-electron chi connectivity index (χ2n) is 4.80. The van der Waals surface area contributed by atoms with Crippen molar-refractivity contribution in [2.24, 2.45) is 5.73 Å². The summed E-state index contributed by atoms with van der Waals surface area (Å²) in [6.45, 7) is 2.12. The van der Waals surface area contributed by atoms with Gasteiger partial charge in [-0.1, -0.05) is 12.1 Å². The lowest BCUT2D eigenvalue weighted by atomic mass is 9.62. The Kier molecular flexibility index (Phi) is 2.89. The van der Waals surface area contributed by atoms with E-state index in [1.54, 1.807) is 19.1 Å². The van der Waals surface area contributed by atoms with Crippen molar-refractivity contribution >= 4 is 5.69 Å². The molecule has 1 saturated carbocycles. The third kappa shape index (κ3) is 1.92. The molecule has 0 bridgehead atoms. The number of benzene rings is 1. The van der Waals surface area contributed by atoms with E-state index in [0.717, 1.165) is 5.56 Å². The Labute approximate surface area is 99.4 Å². The van der Waals surface area contributed by atoms with E-state index in [-0.39, 0.29) is 22.1 Å². The van der Waals surface area contributed by atoms with E-state index in [4.69, 9.17) is 5.73 Å². The third-order valence-electron chi connectivity index (χ3n) is 3.66. The van der Waals surface area contributed by atoms with Crippen molar-refractivity contribution < 1.29 is 10.0 Å². The van der Waals surface area contributed by atoms with Crippen LogP contribution in [0.25, 0.3) is 0 Å². The number of nitro groups is 1. The van der Waals surface area contributed by atoms with Crippen molar-refractivity contribution in [2.45, 2.75) is 31.3 Å². The van der Waals surface area contributed by atoms with Gasteiger partial charge < -0.3 is 10.8 Å². The Morgan fingerprint density at radius 3 is 2.71 bits per heavy atom. The maximum atomic E-state index is 10.9. The SMILES string of the molecule is Cc1ccc(C2(CN)CC(O)C2)cc1[N+](=O)[O-]. The van der Waals surface area contributed by atoms with Gasteiger partial charge in [0.05, 0.1) is 11.0 Å². The zero-order chi connectivity index (χ0) is 12.6. The molecule has 92 valence electrons. The Balaban J connectivity index is 2.39. The molecule has 0 aromatic heterocycles. The van der Waals surface area contributed by atoms with E-state index in [2.05, 4.69) is 0 Å². The van der Waals surface area contributed by atoms with Crippen LogP contribution >= 0.6 is 0 Å². The minimum Gasteiger partial charge on any atom is -0.393 e. The number of aryl methyl sites for hydroxylation is 1. The van der Waals surface area contributed by atoms with Gasteiger partial charge in [0, 0.05) is 23.6 Å². The maximum Gasteiger partial charge on any atom is 0.272 e. The number of hydrogen-bond acceptors (Lipinski definition) is 4. The van der Waals surface area contributed by atoms with Gasteiger partial charge in [-0.25, -0.2) is 0 Å². The Hall–Kier alpha value is -1.46. The second-order valence-corrected chi connectivity index (χ2v) is 4.80. The summed E-state index contributed by atoms with van der Waals surface area (Å²) in [5.74, 6) is 0. The molecule has 0 radical (unpaired) electrons. The molecule has 1 aromatic rings. The van der Waals surface area contributed by atoms with Crippen LogP contribution in [0.1, 0.15) is 24.0 Å². The maximum absolute atomic E-state index is 10.9. The Bertz CT molecular complexity index is 453. The summed E-state index contributed by atoms with van der Waals surface area (Å²) < 4.78 is 0. The van der Waals surface area contributed by atoms with Crippen LogP contribution in [-0.4, -0.2) is 22.7 Å². The zero-order valence-electron chi connectivity index (χ0n) is 9.72. The van der Waals surface area contributed by atoms with Crippen LogP contribution in [0, 0.1) is 17.0 Å². The van der Waals surface area contributed by atoms with Crippen LogP contribution in [0.2, 0.25) is 0 Å². The minimum absolute atomic E-state index is 0.122. The van der Waals surface area contributed by atoms with Crippen LogP contribution in [0.15, 0.2) is 18.2 Å². The molecule has 0 saturated heterocycles. The largest absolute Gasteiger partial charge is 0.393 e. The quantitative estimate of drug-likeness (QED) is 0.610. The van der Waals surface area contributed by atoms with Crippen LogP contribution in [-0.2, 0) is 5.41 Å². The Morgan fingerprint density at radius 2 is 2.24 bits per heavy atom. The molecule has 2 rings (SSSR count). The molecule has 0 amide bonds. The highest BCUT2D eigenvalue weighted by Gasteiger charge is 2.44. The molecule has 5 heteroatoms. The summed E-state index contributed by atoms with van der Waals surface area (Å²) >= 11 is 0. The van der Waals surface area contributed by atoms with Gasteiger partial charge in [0.15, 0.2) is 0 Å². The minimum atomic E-state index is -0.377. The summed E-state index contributed by atoms with van der Waals surface area (Å²) in [5, 5.41) is 20.3. The van der Waals surface area contributed by atoms with E-state index in [9.17, 15) is 15.2 Å². The normalized spacial score (nSPS) is 27.6. The van der Waals surface area contributed by atoms with Gasteiger partial charge in [-0.3, -0.25) is 10.1 Å². The first-order chi connectivity index (χ1) is 7.98. The van der Waals surface area contributed by atoms with Crippen molar-refractivity contribution in [1.82, 2.24) is 0 Å². The summed E-state index contributed by atoms with van der Waals surface area (Å²) in [6, 6.07) is 5.21. The molecule has 17 heavy (non-hydrogen) atoms. The van der Waals surface area contributed by atoms with E-state index < -0.39 is 0 Å². The van der Waals surface area contributed by atoms with Crippen LogP contribution < -0.4 is 5.73 Å². The lowest BCUT2D eigenvalue weighted by Gasteiger charge is -2.45. The van der Waals surface area contributed by atoms with Gasteiger partial charge in [0.25, 0.3) is 5.69 Å². The lowest BCUT2D eigenvalue weighted by molar-refractivity contribution is -0.385. The van der Waals surface area contributed by atoms with E-state index in [0.29, 0.717) is 24.9 Å². The monoisotopic (exact) mass is 236 g/mol. The van der Waals surface area contributed by atoms with Crippen molar-refractivity contribution in [1.29, 1.82) is 0 Å². The van der Waals surface area contributed by atoms with Gasteiger partial charge in [-0.2, -0.15) is 0 Å². The first-order valence-corrected chi connectivity index (χ1v) is 5.62. The number of hydrogen-bond donors (Lipinski definition) is 2. The molecule has 1 aliphatic rings. The fourth-order valence-electron chi connectivity index (χ4n) is 2.50. The van der Waals surface area contributed by atoms with E-state index in [1.165, 1.54) is 0 Å². The summed E-state index contributed by atoms with van der Waals surface area (Å²) in [7, 11) is 0. The molecule has 0 heterocycles. The number of rotatable bonds is 3. The Morgan fingerprint density at radius 1 is 1.59 bits per heavy atom. The molecule has 5 nitrogen and oxygen atoms in total. The molecule has 0 spiro atoms. The standard InChI is InChI=1S/C12H16N2O3/c1-8-2-3-9(4-11(8)14(16)17)12(7-13)5-10(15)6-12/h2-4,10,15H,5-7,13H2,1H3. The van der Waals surface area contributed by atoms with Crippen molar-refractivity contribution in [3.05, 3.63) is 39.4 Å². The van der Waals surface area contributed by atoms with Crippen LogP contribution in [0.3, 0.4) is 0 Å². The van der Waals surface area contributed by atoms with Crippen LogP contribution in [0.4, 0.5) is 5.69 Å². The first kappa shape index (κ1) is 12.0. The molecule has 1 fully saturated rings. The highest BCUT2D eigenvalue weighted by molar-refractivity contribution is 5.46. The highest BCUT2D eigenvalue weighted by atomic mass is 16.6. The van der Waals surface area contributed by atoms with Gasteiger partial charge in [-0.15, -0.1) is 0 Å².